The highest BCUT2D eigenvalue weighted by molar-refractivity contribution is 9.10. The molecule has 1 heterocycles. The molecule has 1 N–H and O–H groups in total. The smallest absolute Gasteiger partial charge is 0.0797 e. The Morgan fingerprint density at radius 2 is 2.11 bits per heavy atom. The van der Waals surface area contributed by atoms with Gasteiger partial charge in [-0.05, 0) is 30.7 Å². The summed E-state index contributed by atoms with van der Waals surface area (Å²) in [6, 6.07) is 10.7. The van der Waals surface area contributed by atoms with Crippen molar-refractivity contribution in [3.05, 3.63) is 52.3 Å². The lowest BCUT2D eigenvalue weighted by Gasteiger charge is -2.16. The van der Waals surface area contributed by atoms with Crippen LogP contribution in [-0.2, 0) is 13.5 Å². The van der Waals surface area contributed by atoms with Crippen molar-refractivity contribution in [3.63, 3.8) is 0 Å². The molecular formula is C14H18BrN3. The molecule has 96 valence electrons. The van der Waals surface area contributed by atoms with E-state index in [1.807, 2.05) is 24.0 Å². The lowest BCUT2D eigenvalue weighted by atomic mass is 10.0. The molecule has 4 heteroatoms. The van der Waals surface area contributed by atoms with Gasteiger partial charge < -0.3 is 5.32 Å². The van der Waals surface area contributed by atoms with Crippen LogP contribution in [0.2, 0.25) is 0 Å². The third kappa shape index (κ3) is 3.21. The molecule has 0 radical (unpaired) electrons. The lowest BCUT2D eigenvalue weighted by Crippen LogP contribution is -2.23. The molecule has 2 rings (SSSR count). The van der Waals surface area contributed by atoms with Crippen LogP contribution in [0.1, 0.15) is 24.2 Å². The summed E-state index contributed by atoms with van der Waals surface area (Å²) in [4.78, 5) is 0. The maximum absolute atomic E-state index is 4.49. The Hall–Kier alpha value is -1.13. The average molecular weight is 308 g/mol. The minimum Gasteiger partial charge on any atom is -0.309 e. The van der Waals surface area contributed by atoms with E-state index in [1.54, 1.807) is 0 Å². The maximum atomic E-state index is 4.49. The number of nitrogens with one attached hydrogen (secondary N) is 1. The van der Waals surface area contributed by atoms with Crippen molar-refractivity contribution >= 4 is 15.9 Å². The van der Waals surface area contributed by atoms with Crippen LogP contribution in [0.5, 0.6) is 0 Å². The molecule has 18 heavy (non-hydrogen) atoms. The normalized spacial score (nSPS) is 12.6. The van der Waals surface area contributed by atoms with Crippen molar-refractivity contribution in [2.75, 3.05) is 6.54 Å². The van der Waals surface area contributed by atoms with E-state index in [0.29, 0.717) is 0 Å². The molecule has 1 atom stereocenters. The number of hydrogen-bond acceptors (Lipinski definition) is 2. The Morgan fingerprint density at radius 1 is 1.33 bits per heavy atom. The van der Waals surface area contributed by atoms with Crippen LogP contribution in [0, 0.1) is 0 Å². The summed E-state index contributed by atoms with van der Waals surface area (Å²) < 4.78 is 3.00. The third-order valence-electron chi connectivity index (χ3n) is 2.92. The number of nitrogens with zero attached hydrogens (tertiary/aromatic N) is 2. The van der Waals surface area contributed by atoms with Gasteiger partial charge in [-0.1, -0.05) is 41.1 Å². The van der Waals surface area contributed by atoms with E-state index in [-0.39, 0.29) is 6.04 Å². The van der Waals surface area contributed by atoms with Crippen LogP contribution in [0.4, 0.5) is 0 Å². The number of aromatic nitrogens is 2. The van der Waals surface area contributed by atoms with Gasteiger partial charge in [0.05, 0.1) is 11.7 Å². The molecule has 1 aromatic carbocycles. The van der Waals surface area contributed by atoms with Crippen molar-refractivity contribution in [2.45, 2.75) is 19.4 Å². The number of halogens is 1. The first-order valence-electron chi connectivity index (χ1n) is 6.17. The first-order valence-corrected chi connectivity index (χ1v) is 6.96. The summed E-state index contributed by atoms with van der Waals surface area (Å²) in [7, 11) is 1.95. The van der Waals surface area contributed by atoms with Gasteiger partial charge in [0.2, 0.25) is 0 Å². The van der Waals surface area contributed by atoms with E-state index in [1.165, 1.54) is 5.56 Å². The molecule has 0 aliphatic heterocycles. The molecular weight excluding hydrogens is 290 g/mol. The highest BCUT2D eigenvalue weighted by atomic mass is 79.9. The summed E-state index contributed by atoms with van der Waals surface area (Å²) in [5.74, 6) is 0. The molecule has 0 aliphatic rings. The number of hydrogen-bond donors (Lipinski definition) is 1. The van der Waals surface area contributed by atoms with Crippen molar-refractivity contribution < 1.29 is 0 Å². The summed E-state index contributed by atoms with van der Waals surface area (Å²) in [5.41, 5.74) is 2.39. The largest absolute Gasteiger partial charge is 0.309 e. The fraction of sp³-hybridized carbons (Fsp3) is 0.357. The van der Waals surface area contributed by atoms with Crippen LogP contribution in [0.15, 0.2) is 41.0 Å². The average Bonchev–Trinajstić information content (AvgIpc) is 2.78. The minimum atomic E-state index is 0.259. The molecule has 2 aromatic rings. The summed E-state index contributed by atoms with van der Waals surface area (Å²) >= 11 is 3.60. The lowest BCUT2D eigenvalue weighted by molar-refractivity contribution is 0.527. The van der Waals surface area contributed by atoms with Crippen LogP contribution in [-0.4, -0.2) is 16.3 Å². The Morgan fingerprint density at radius 3 is 2.72 bits per heavy atom. The fourth-order valence-electron chi connectivity index (χ4n) is 2.03. The van der Waals surface area contributed by atoms with E-state index in [4.69, 9.17) is 0 Å². The molecule has 0 aliphatic carbocycles. The number of aryl methyl sites for hydroxylation is 1. The highest BCUT2D eigenvalue weighted by Crippen LogP contribution is 2.22. The molecule has 0 saturated carbocycles. The number of likely N-dealkylation sites (N-methyl/N-ethyl adjacent to an activating group) is 1. The van der Waals surface area contributed by atoms with Gasteiger partial charge in [0.15, 0.2) is 0 Å². The van der Waals surface area contributed by atoms with Gasteiger partial charge in [-0.25, -0.2) is 0 Å². The Labute approximate surface area is 116 Å². The summed E-state index contributed by atoms with van der Waals surface area (Å²) in [6.45, 7) is 3.06. The first kappa shape index (κ1) is 13.3. The van der Waals surface area contributed by atoms with E-state index in [9.17, 15) is 0 Å². The zero-order valence-corrected chi connectivity index (χ0v) is 12.3. The Kier molecular flexibility index (Phi) is 4.55. The highest BCUT2D eigenvalue weighted by Gasteiger charge is 2.14. The topological polar surface area (TPSA) is 29.9 Å². The SMILES string of the molecule is CCNC(Cc1ccccc1Br)c1ccn(C)n1. The zero-order chi connectivity index (χ0) is 13.0. The number of rotatable bonds is 5. The third-order valence-corrected chi connectivity index (χ3v) is 3.70. The second kappa shape index (κ2) is 6.16. The summed E-state index contributed by atoms with van der Waals surface area (Å²) in [5, 5.41) is 7.99. The molecule has 0 spiro atoms. The molecule has 0 fully saturated rings. The van der Waals surface area contributed by atoms with E-state index in [0.717, 1.165) is 23.1 Å². The van der Waals surface area contributed by atoms with Gasteiger partial charge in [-0.3, -0.25) is 4.68 Å². The second-order valence-corrected chi connectivity index (χ2v) is 5.17. The van der Waals surface area contributed by atoms with Crippen LogP contribution in [0.3, 0.4) is 0 Å². The maximum Gasteiger partial charge on any atom is 0.0797 e. The van der Waals surface area contributed by atoms with Gasteiger partial charge >= 0.3 is 0 Å². The van der Waals surface area contributed by atoms with E-state index in [2.05, 4.69) is 57.5 Å². The Balaban J connectivity index is 2.19. The van der Waals surface area contributed by atoms with Crippen molar-refractivity contribution in [3.8, 4) is 0 Å². The van der Waals surface area contributed by atoms with E-state index >= 15 is 0 Å². The standard InChI is InChI=1S/C14H18BrN3/c1-3-16-14(13-8-9-18(2)17-13)10-11-6-4-5-7-12(11)15/h4-9,14,16H,3,10H2,1-2H3. The van der Waals surface area contributed by atoms with Crippen molar-refractivity contribution in [1.82, 2.24) is 15.1 Å². The van der Waals surface area contributed by atoms with Crippen molar-refractivity contribution in [1.29, 1.82) is 0 Å². The van der Waals surface area contributed by atoms with Crippen LogP contribution >= 0.6 is 15.9 Å². The molecule has 1 unspecified atom stereocenters. The second-order valence-electron chi connectivity index (χ2n) is 4.32. The van der Waals surface area contributed by atoms with Gasteiger partial charge in [0.1, 0.15) is 0 Å². The molecule has 0 saturated heterocycles. The summed E-state index contributed by atoms with van der Waals surface area (Å²) in [6.07, 6.45) is 2.92. The van der Waals surface area contributed by atoms with Crippen molar-refractivity contribution in [2.24, 2.45) is 7.05 Å². The molecule has 0 bridgehead atoms. The van der Waals surface area contributed by atoms with Gasteiger partial charge in [0, 0.05) is 17.7 Å². The fourth-order valence-corrected chi connectivity index (χ4v) is 2.48. The monoisotopic (exact) mass is 307 g/mol. The predicted octanol–water partition coefficient (Wildman–Crippen LogP) is 3.08. The molecule has 3 nitrogen and oxygen atoms in total. The van der Waals surface area contributed by atoms with Gasteiger partial charge in [0.25, 0.3) is 0 Å². The Bertz CT molecular complexity index is 507. The predicted molar refractivity (Wildman–Crippen MR) is 77.5 cm³/mol. The van der Waals surface area contributed by atoms with Gasteiger partial charge in [-0.2, -0.15) is 5.10 Å². The zero-order valence-electron chi connectivity index (χ0n) is 10.7. The first-order chi connectivity index (χ1) is 8.70. The quantitative estimate of drug-likeness (QED) is 0.920. The minimum absolute atomic E-state index is 0.259. The molecule has 0 amide bonds. The number of benzene rings is 1. The van der Waals surface area contributed by atoms with Crippen LogP contribution in [0.25, 0.3) is 0 Å². The van der Waals surface area contributed by atoms with Gasteiger partial charge in [-0.15, -0.1) is 0 Å². The van der Waals surface area contributed by atoms with Crippen LogP contribution < -0.4 is 5.32 Å². The molecule has 1 aromatic heterocycles. The van der Waals surface area contributed by atoms with E-state index < -0.39 is 0 Å².